The minimum Gasteiger partial charge on any atom is -0.494 e. The summed E-state index contributed by atoms with van der Waals surface area (Å²) in [6.07, 6.45) is 6.18. The van der Waals surface area contributed by atoms with Crippen LogP contribution in [0.5, 0.6) is 5.75 Å². The fourth-order valence-corrected chi connectivity index (χ4v) is 5.87. The number of nitrogens with two attached hydrogens (primary N) is 1. The van der Waals surface area contributed by atoms with Gasteiger partial charge in [0, 0.05) is 55.2 Å². The molecule has 5 heterocycles. The SMILES string of the molecule is COc1cc2ncnc(-n3ccc4c(-n5ccc(N)nc5=O)cccc43)c2cc1N1CC2(CCN(C)CC2)OC1=O. The fraction of sp³-hybridized carbons (Fsp3) is 0.276. The number of rotatable bonds is 4. The minimum atomic E-state index is -0.512. The number of fused-ring (bicyclic) bond motifs is 2. The van der Waals surface area contributed by atoms with Gasteiger partial charge in [-0.1, -0.05) is 6.07 Å². The fourth-order valence-electron chi connectivity index (χ4n) is 5.87. The highest BCUT2D eigenvalue weighted by atomic mass is 16.6. The van der Waals surface area contributed by atoms with Gasteiger partial charge < -0.3 is 24.7 Å². The molecule has 1 amide bonds. The maximum absolute atomic E-state index is 13.2. The predicted octanol–water partition coefficient (Wildman–Crippen LogP) is 3.13. The summed E-state index contributed by atoms with van der Waals surface area (Å²) >= 11 is 0. The number of carbonyl (C=O) groups is 1. The van der Waals surface area contributed by atoms with Crippen molar-refractivity contribution in [2.24, 2.45) is 0 Å². The molecule has 12 nitrogen and oxygen atoms in total. The van der Waals surface area contributed by atoms with Crippen molar-refractivity contribution < 1.29 is 14.3 Å². The highest BCUT2D eigenvalue weighted by Crippen LogP contribution is 2.41. The molecule has 12 heteroatoms. The van der Waals surface area contributed by atoms with Crippen molar-refractivity contribution in [2.75, 3.05) is 44.4 Å². The smallest absolute Gasteiger partial charge is 0.415 e. The lowest BCUT2D eigenvalue weighted by Crippen LogP contribution is -2.45. The van der Waals surface area contributed by atoms with Crippen molar-refractivity contribution in [3.05, 3.63) is 71.7 Å². The number of likely N-dealkylation sites (tertiary alicyclic amines) is 1. The lowest BCUT2D eigenvalue weighted by atomic mass is 9.91. The molecular formula is C29H28N8O4. The maximum Gasteiger partial charge on any atom is 0.415 e. The Morgan fingerprint density at radius 3 is 2.56 bits per heavy atom. The van der Waals surface area contributed by atoms with Gasteiger partial charge in [0.2, 0.25) is 0 Å². The Labute approximate surface area is 234 Å². The molecule has 0 bridgehead atoms. The molecule has 0 radical (unpaired) electrons. The van der Waals surface area contributed by atoms with Gasteiger partial charge in [0.25, 0.3) is 0 Å². The van der Waals surface area contributed by atoms with E-state index in [0.29, 0.717) is 35.0 Å². The van der Waals surface area contributed by atoms with Gasteiger partial charge in [0.05, 0.1) is 36.1 Å². The molecule has 2 aliphatic heterocycles. The first-order chi connectivity index (χ1) is 19.9. The molecule has 0 aliphatic carbocycles. The molecular weight excluding hydrogens is 524 g/mol. The van der Waals surface area contributed by atoms with E-state index in [1.54, 1.807) is 24.3 Å². The monoisotopic (exact) mass is 552 g/mol. The number of amides is 1. The molecule has 0 atom stereocenters. The number of nitrogen functional groups attached to an aromatic ring is 1. The van der Waals surface area contributed by atoms with Crippen LogP contribution in [0.25, 0.3) is 33.3 Å². The summed E-state index contributed by atoms with van der Waals surface area (Å²) < 4.78 is 15.1. The molecule has 2 fully saturated rings. The highest BCUT2D eigenvalue weighted by Gasteiger charge is 2.47. The van der Waals surface area contributed by atoms with Gasteiger partial charge in [0.15, 0.2) is 0 Å². The third-order valence-electron chi connectivity index (χ3n) is 8.10. The van der Waals surface area contributed by atoms with Crippen molar-refractivity contribution in [1.29, 1.82) is 0 Å². The van der Waals surface area contributed by atoms with Gasteiger partial charge in [0.1, 0.15) is 29.3 Å². The molecule has 208 valence electrons. The molecule has 2 saturated heterocycles. The molecule has 0 saturated carbocycles. The zero-order chi connectivity index (χ0) is 28.3. The molecule has 2 aromatic carbocycles. The van der Waals surface area contributed by atoms with Crippen molar-refractivity contribution in [1.82, 2.24) is 29.0 Å². The number of anilines is 2. The number of ether oxygens (including phenoxy) is 2. The molecule has 7 rings (SSSR count). The van der Waals surface area contributed by atoms with Gasteiger partial charge >= 0.3 is 11.8 Å². The Kier molecular flexibility index (Phi) is 5.68. The third kappa shape index (κ3) is 4.06. The third-order valence-corrected chi connectivity index (χ3v) is 8.10. The molecule has 0 unspecified atom stereocenters. The van der Waals surface area contributed by atoms with Crippen LogP contribution in [0.15, 0.2) is 66.0 Å². The van der Waals surface area contributed by atoms with Gasteiger partial charge in [-0.2, -0.15) is 4.98 Å². The number of hydrogen-bond acceptors (Lipinski definition) is 9. The van der Waals surface area contributed by atoms with E-state index in [1.165, 1.54) is 10.9 Å². The molecule has 2 N–H and O–H groups in total. The van der Waals surface area contributed by atoms with Gasteiger partial charge in [-0.15, -0.1) is 0 Å². The van der Waals surface area contributed by atoms with E-state index in [4.69, 9.17) is 15.2 Å². The molecule has 1 spiro atoms. The van der Waals surface area contributed by atoms with E-state index < -0.39 is 11.3 Å². The van der Waals surface area contributed by atoms with Crippen LogP contribution < -0.4 is 21.1 Å². The van der Waals surface area contributed by atoms with E-state index in [2.05, 4.69) is 26.9 Å². The number of hydrogen-bond donors (Lipinski definition) is 1. The van der Waals surface area contributed by atoms with Crippen molar-refractivity contribution in [2.45, 2.75) is 18.4 Å². The Morgan fingerprint density at radius 2 is 1.78 bits per heavy atom. The lowest BCUT2D eigenvalue weighted by Gasteiger charge is -2.35. The van der Waals surface area contributed by atoms with E-state index in [1.807, 2.05) is 47.2 Å². The zero-order valence-corrected chi connectivity index (χ0v) is 22.6. The van der Waals surface area contributed by atoms with Crippen LogP contribution in [-0.4, -0.2) is 74.5 Å². The summed E-state index contributed by atoms with van der Waals surface area (Å²) in [7, 11) is 3.66. The zero-order valence-electron chi connectivity index (χ0n) is 22.6. The number of methoxy groups -OCH3 is 1. The van der Waals surface area contributed by atoms with E-state index in [9.17, 15) is 9.59 Å². The number of nitrogens with zero attached hydrogens (tertiary/aromatic N) is 7. The van der Waals surface area contributed by atoms with Gasteiger partial charge in [-0.25, -0.2) is 19.6 Å². The first-order valence-corrected chi connectivity index (χ1v) is 13.3. The summed E-state index contributed by atoms with van der Waals surface area (Å²) in [4.78, 5) is 42.7. The molecule has 5 aromatic rings. The lowest BCUT2D eigenvalue weighted by molar-refractivity contribution is 0.00678. The normalized spacial score (nSPS) is 17.0. The number of benzene rings is 2. The molecule has 2 aliphatic rings. The van der Waals surface area contributed by atoms with E-state index in [-0.39, 0.29) is 11.9 Å². The quantitative estimate of drug-likeness (QED) is 0.357. The highest BCUT2D eigenvalue weighted by molar-refractivity contribution is 5.99. The average molecular weight is 553 g/mol. The van der Waals surface area contributed by atoms with Crippen LogP contribution >= 0.6 is 0 Å². The molecule has 3 aromatic heterocycles. The topological polar surface area (TPSA) is 134 Å². The van der Waals surface area contributed by atoms with Crippen LogP contribution in [0, 0.1) is 0 Å². The van der Waals surface area contributed by atoms with Gasteiger partial charge in [-0.05, 0) is 37.4 Å². The Morgan fingerprint density at radius 1 is 0.976 bits per heavy atom. The van der Waals surface area contributed by atoms with Crippen molar-refractivity contribution in [3.63, 3.8) is 0 Å². The van der Waals surface area contributed by atoms with Crippen molar-refractivity contribution in [3.8, 4) is 17.3 Å². The largest absolute Gasteiger partial charge is 0.494 e. The van der Waals surface area contributed by atoms with E-state index in [0.717, 1.165) is 42.2 Å². The van der Waals surface area contributed by atoms with Crippen molar-refractivity contribution >= 4 is 39.4 Å². The Hall–Kier alpha value is -4.97. The summed E-state index contributed by atoms with van der Waals surface area (Å²) in [5.41, 5.74) is 7.49. The second-order valence-electron chi connectivity index (χ2n) is 10.6. The Balaban J connectivity index is 1.35. The first-order valence-electron chi connectivity index (χ1n) is 13.3. The minimum absolute atomic E-state index is 0.165. The summed E-state index contributed by atoms with van der Waals surface area (Å²) in [5, 5.41) is 1.56. The molecule has 41 heavy (non-hydrogen) atoms. The Bertz CT molecular complexity index is 1890. The van der Waals surface area contributed by atoms with Crippen LogP contribution in [0.1, 0.15) is 12.8 Å². The summed E-state index contributed by atoms with van der Waals surface area (Å²) in [5.74, 6) is 1.31. The summed E-state index contributed by atoms with van der Waals surface area (Å²) in [6, 6.07) is 12.9. The number of piperidine rings is 1. The standard InChI is InChI=1S/C29H28N8O4/c1-34-12-8-29(9-13-34)16-37(28(39)41-29)23-14-19-20(15-24(23)40-2)31-17-32-26(19)35-10-6-18-21(35)4-3-5-22(18)36-11-7-25(30)33-27(36)38/h3-7,10-11,14-15,17H,8-9,12-13,16H2,1-2H3,(H2,30,33,38). The second-order valence-corrected chi connectivity index (χ2v) is 10.6. The van der Waals surface area contributed by atoms with E-state index >= 15 is 0 Å². The predicted molar refractivity (Wildman–Crippen MR) is 154 cm³/mol. The first kappa shape index (κ1) is 25.0. The maximum atomic E-state index is 13.2. The number of aromatic nitrogens is 5. The van der Waals surface area contributed by atoms with Crippen LogP contribution in [0.4, 0.5) is 16.3 Å². The average Bonchev–Trinajstić information content (AvgIpc) is 3.55. The van der Waals surface area contributed by atoms with Crippen LogP contribution in [0.2, 0.25) is 0 Å². The van der Waals surface area contributed by atoms with Gasteiger partial charge in [-0.3, -0.25) is 9.47 Å². The van der Waals surface area contributed by atoms with Crippen LogP contribution in [0.3, 0.4) is 0 Å². The second kappa shape index (κ2) is 9.30. The van der Waals surface area contributed by atoms with Crippen LogP contribution in [-0.2, 0) is 4.74 Å². The number of carbonyl (C=O) groups excluding carboxylic acids is 1. The summed E-state index contributed by atoms with van der Waals surface area (Å²) in [6.45, 7) is 2.19.